The number of halogens is 1. The van der Waals surface area contributed by atoms with Gasteiger partial charge in [0, 0.05) is 5.69 Å². The summed E-state index contributed by atoms with van der Waals surface area (Å²) in [5.74, 6) is -0.185. The Kier molecular flexibility index (Phi) is 3.22. The van der Waals surface area contributed by atoms with Crippen LogP contribution in [0.25, 0.3) is 0 Å². The fourth-order valence-corrected chi connectivity index (χ4v) is 2.39. The van der Waals surface area contributed by atoms with Crippen molar-refractivity contribution in [3.05, 3.63) is 65.0 Å². The molecule has 2 nitrogen and oxygen atoms in total. The smallest absolute Gasteiger partial charge is 0.128 e. The molecule has 1 aliphatic heterocycles. The number of hydrogen-bond donors (Lipinski definition) is 1. The fraction of sp³-hybridized carbons (Fsp3) is 0.250. The van der Waals surface area contributed by atoms with Crippen molar-refractivity contribution < 1.29 is 9.13 Å². The number of hydrogen-bond acceptors (Lipinski definition) is 2. The van der Waals surface area contributed by atoms with E-state index in [-0.39, 0.29) is 11.9 Å². The second-order valence-corrected chi connectivity index (χ2v) is 4.87. The summed E-state index contributed by atoms with van der Waals surface area (Å²) in [6.07, 6.45) is 0. The van der Waals surface area contributed by atoms with Crippen LogP contribution in [0.15, 0.2) is 42.5 Å². The molecule has 0 aromatic heterocycles. The van der Waals surface area contributed by atoms with Crippen LogP contribution in [0.4, 0.5) is 10.1 Å². The molecule has 0 spiro atoms. The van der Waals surface area contributed by atoms with Gasteiger partial charge in [-0.15, -0.1) is 0 Å². The van der Waals surface area contributed by atoms with Gasteiger partial charge in [-0.25, -0.2) is 4.39 Å². The van der Waals surface area contributed by atoms with E-state index < -0.39 is 0 Å². The van der Waals surface area contributed by atoms with Crippen molar-refractivity contribution in [2.45, 2.75) is 19.6 Å². The van der Waals surface area contributed by atoms with Gasteiger partial charge >= 0.3 is 0 Å². The van der Waals surface area contributed by atoms with Crippen molar-refractivity contribution in [1.29, 1.82) is 0 Å². The summed E-state index contributed by atoms with van der Waals surface area (Å²) in [7, 11) is 0. The van der Waals surface area contributed by atoms with E-state index in [2.05, 4.69) is 17.4 Å². The zero-order chi connectivity index (χ0) is 13.2. The molecule has 3 rings (SSSR count). The predicted octanol–water partition coefficient (Wildman–Crippen LogP) is 3.82. The van der Waals surface area contributed by atoms with Crippen LogP contribution in [0.1, 0.15) is 22.7 Å². The van der Waals surface area contributed by atoms with Gasteiger partial charge in [0.1, 0.15) is 5.82 Å². The zero-order valence-electron chi connectivity index (χ0n) is 10.8. The van der Waals surface area contributed by atoms with Gasteiger partial charge in [0.2, 0.25) is 0 Å². The third-order valence-electron chi connectivity index (χ3n) is 3.49. The van der Waals surface area contributed by atoms with Crippen LogP contribution in [0.3, 0.4) is 0 Å². The summed E-state index contributed by atoms with van der Waals surface area (Å²) in [4.78, 5) is 0. The average molecular weight is 257 g/mol. The fourth-order valence-electron chi connectivity index (χ4n) is 2.39. The van der Waals surface area contributed by atoms with E-state index in [0.29, 0.717) is 18.8 Å². The molecule has 0 bridgehead atoms. The van der Waals surface area contributed by atoms with E-state index in [0.717, 1.165) is 5.69 Å². The number of aryl methyl sites for hydroxylation is 1. The van der Waals surface area contributed by atoms with Gasteiger partial charge in [-0.2, -0.15) is 0 Å². The molecular weight excluding hydrogens is 241 g/mol. The van der Waals surface area contributed by atoms with Crippen molar-refractivity contribution in [1.82, 2.24) is 0 Å². The Hall–Kier alpha value is -1.87. The molecule has 98 valence electrons. The topological polar surface area (TPSA) is 21.3 Å². The maximum atomic E-state index is 13.6. The number of benzene rings is 2. The van der Waals surface area contributed by atoms with Crippen LogP contribution in [0, 0.1) is 12.7 Å². The Morgan fingerprint density at radius 2 is 2.05 bits per heavy atom. The molecule has 0 aliphatic carbocycles. The predicted molar refractivity (Wildman–Crippen MR) is 73.6 cm³/mol. The molecule has 0 saturated carbocycles. The lowest BCUT2D eigenvalue weighted by atomic mass is 9.99. The molecule has 1 heterocycles. The first-order valence-electron chi connectivity index (χ1n) is 6.42. The van der Waals surface area contributed by atoms with E-state index in [1.807, 2.05) is 18.2 Å². The summed E-state index contributed by atoms with van der Waals surface area (Å²) < 4.78 is 19.1. The number of anilines is 1. The molecule has 1 unspecified atom stereocenters. The van der Waals surface area contributed by atoms with Crippen LogP contribution < -0.4 is 5.32 Å². The second kappa shape index (κ2) is 5.02. The molecule has 2 aromatic carbocycles. The molecule has 0 fully saturated rings. The zero-order valence-corrected chi connectivity index (χ0v) is 10.8. The summed E-state index contributed by atoms with van der Waals surface area (Å²) in [6.45, 7) is 3.02. The summed E-state index contributed by atoms with van der Waals surface area (Å²) in [5.41, 5.74) is 3.87. The Morgan fingerprint density at radius 1 is 1.21 bits per heavy atom. The molecule has 1 aliphatic rings. The number of ether oxygens (including phenoxy) is 1. The standard InChI is InChI=1S/C16H16FNO/c1-11-6-7-13(8-15(11)17)18-16-10-19-9-12-4-2-3-5-14(12)16/h2-8,16,18H,9-10H2,1H3. The van der Waals surface area contributed by atoms with Crippen LogP contribution in [0.2, 0.25) is 0 Å². The third-order valence-corrected chi connectivity index (χ3v) is 3.49. The van der Waals surface area contributed by atoms with Crippen molar-refractivity contribution in [2.75, 3.05) is 11.9 Å². The largest absolute Gasteiger partial charge is 0.376 e. The number of rotatable bonds is 2. The summed E-state index contributed by atoms with van der Waals surface area (Å²) in [5, 5.41) is 3.34. The van der Waals surface area contributed by atoms with Crippen LogP contribution in [0.5, 0.6) is 0 Å². The minimum atomic E-state index is -0.185. The maximum absolute atomic E-state index is 13.6. The van der Waals surface area contributed by atoms with Crippen molar-refractivity contribution in [3.63, 3.8) is 0 Å². The van der Waals surface area contributed by atoms with Crippen molar-refractivity contribution >= 4 is 5.69 Å². The average Bonchev–Trinajstić information content (AvgIpc) is 2.43. The first kappa shape index (κ1) is 12.2. The van der Waals surface area contributed by atoms with Crippen molar-refractivity contribution in [3.8, 4) is 0 Å². The number of fused-ring (bicyclic) bond motifs is 1. The highest BCUT2D eigenvalue weighted by Gasteiger charge is 2.20. The molecule has 1 atom stereocenters. The Balaban J connectivity index is 1.86. The first-order valence-corrected chi connectivity index (χ1v) is 6.42. The quantitative estimate of drug-likeness (QED) is 0.883. The van der Waals surface area contributed by atoms with Crippen LogP contribution in [-0.2, 0) is 11.3 Å². The van der Waals surface area contributed by atoms with Gasteiger partial charge < -0.3 is 10.1 Å². The molecular formula is C16H16FNO. The highest BCUT2D eigenvalue weighted by Crippen LogP contribution is 2.28. The molecule has 19 heavy (non-hydrogen) atoms. The molecule has 0 amide bonds. The maximum Gasteiger partial charge on any atom is 0.128 e. The lowest BCUT2D eigenvalue weighted by Crippen LogP contribution is -2.23. The highest BCUT2D eigenvalue weighted by atomic mass is 19.1. The summed E-state index contributed by atoms with van der Waals surface area (Å²) in [6, 6.07) is 13.5. The Labute approximate surface area is 112 Å². The second-order valence-electron chi connectivity index (χ2n) is 4.87. The van der Waals surface area contributed by atoms with Gasteiger partial charge in [0.15, 0.2) is 0 Å². The van der Waals surface area contributed by atoms with Gasteiger partial charge in [0.25, 0.3) is 0 Å². The van der Waals surface area contributed by atoms with E-state index in [1.165, 1.54) is 17.2 Å². The van der Waals surface area contributed by atoms with Crippen LogP contribution in [-0.4, -0.2) is 6.61 Å². The van der Waals surface area contributed by atoms with Gasteiger partial charge in [-0.3, -0.25) is 0 Å². The Bertz CT molecular complexity index is 597. The van der Waals surface area contributed by atoms with Gasteiger partial charge in [0.05, 0.1) is 19.3 Å². The molecule has 1 N–H and O–H groups in total. The normalized spacial score (nSPS) is 17.9. The third kappa shape index (κ3) is 2.47. The van der Waals surface area contributed by atoms with E-state index in [1.54, 1.807) is 13.0 Å². The molecule has 0 saturated heterocycles. The van der Waals surface area contributed by atoms with Gasteiger partial charge in [-0.05, 0) is 35.7 Å². The SMILES string of the molecule is Cc1ccc(NC2COCc3ccccc32)cc1F. The lowest BCUT2D eigenvalue weighted by Gasteiger charge is -2.27. The number of nitrogens with one attached hydrogen (secondary N) is 1. The first-order chi connectivity index (χ1) is 9.24. The Morgan fingerprint density at radius 3 is 2.89 bits per heavy atom. The van der Waals surface area contributed by atoms with Crippen molar-refractivity contribution in [2.24, 2.45) is 0 Å². The molecule has 0 radical (unpaired) electrons. The lowest BCUT2D eigenvalue weighted by molar-refractivity contribution is 0.0970. The summed E-state index contributed by atoms with van der Waals surface area (Å²) >= 11 is 0. The minimum Gasteiger partial charge on any atom is -0.376 e. The van der Waals surface area contributed by atoms with E-state index in [9.17, 15) is 4.39 Å². The van der Waals surface area contributed by atoms with E-state index >= 15 is 0 Å². The molecule has 2 aromatic rings. The van der Waals surface area contributed by atoms with Gasteiger partial charge in [-0.1, -0.05) is 30.3 Å². The minimum absolute atomic E-state index is 0.0760. The monoisotopic (exact) mass is 257 g/mol. The van der Waals surface area contributed by atoms with E-state index in [4.69, 9.17) is 4.74 Å². The molecule has 3 heteroatoms. The highest BCUT2D eigenvalue weighted by molar-refractivity contribution is 5.48. The van der Waals surface area contributed by atoms with Crippen LogP contribution >= 0.6 is 0 Å².